The molecule has 2 aliphatic rings. The van der Waals surface area contributed by atoms with Crippen molar-refractivity contribution in [1.29, 1.82) is 0 Å². The SMILES string of the molecule is CCNC(=NCCc1cc(F)ccc1F)NC1CCN(CC2CCOC2)CC1. The Morgan fingerprint density at radius 3 is 2.79 bits per heavy atom. The van der Waals surface area contributed by atoms with E-state index < -0.39 is 5.82 Å². The van der Waals surface area contributed by atoms with E-state index in [-0.39, 0.29) is 5.82 Å². The molecule has 2 fully saturated rings. The van der Waals surface area contributed by atoms with E-state index in [1.807, 2.05) is 6.92 Å². The van der Waals surface area contributed by atoms with Gasteiger partial charge in [0.15, 0.2) is 5.96 Å². The first-order valence-electron chi connectivity index (χ1n) is 10.4. The Bertz CT molecular complexity index is 641. The van der Waals surface area contributed by atoms with Crippen LogP contribution in [-0.2, 0) is 11.2 Å². The number of halogens is 2. The zero-order chi connectivity index (χ0) is 19.8. The van der Waals surface area contributed by atoms with Crippen molar-refractivity contribution in [3.63, 3.8) is 0 Å². The number of hydrogen-bond donors (Lipinski definition) is 2. The van der Waals surface area contributed by atoms with E-state index in [1.165, 1.54) is 18.6 Å². The van der Waals surface area contributed by atoms with Crippen LogP contribution in [0.3, 0.4) is 0 Å². The highest BCUT2D eigenvalue weighted by Crippen LogP contribution is 2.17. The van der Waals surface area contributed by atoms with E-state index in [2.05, 4.69) is 20.5 Å². The quantitative estimate of drug-likeness (QED) is 0.551. The number of hydrogen-bond acceptors (Lipinski definition) is 3. The molecule has 0 amide bonds. The highest BCUT2D eigenvalue weighted by atomic mass is 19.1. The van der Waals surface area contributed by atoms with Gasteiger partial charge in [-0.1, -0.05) is 0 Å². The van der Waals surface area contributed by atoms with Gasteiger partial charge in [0.2, 0.25) is 0 Å². The molecule has 0 aromatic heterocycles. The molecule has 2 heterocycles. The molecule has 0 aliphatic carbocycles. The fourth-order valence-corrected chi connectivity index (χ4v) is 3.89. The molecule has 1 atom stereocenters. The van der Waals surface area contributed by atoms with Crippen LogP contribution >= 0.6 is 0 Å². The van der Waals surface area contributed by atoms with Crippen LogP contribution in [0.5, 0.6) is 0 Å². The lowest BCUT2D eigenvalue weighted by molar-refractivity contribution is 0.150. The molecule has 1 aromatic rings. The monoisotopic (exact) mass is 394 g/mol. The molecule has 1 aromatic carbocycles. The first-order valence-corrected chi connectivity index (χ1v) is 10.4. The molecule has 1 unspecified atom stereocenters. The van der Waals surface area contributed by atoms with Gasteiger partial charge in [-0.2, -0.15) is 0 Å². The normalized spacial score (nSPS) is 21.8. The first-order chi connectivity index (χ1) is 13.6. The lowest BCUT2D eigenvalue weighted by Gasteiger charge is -2.34. The molecule has 7 heteroatoms. The molecule has 2 N–H and O–H groups in total. The molecule has 0 spiro atoms. The Morgan fingerprint density at radius 2 is 2.07 bits per heavy atom. The Kier molecular flexibility index (Phi) is 8.03. The number of nitrogens with zero attached hydrogens (tertiary/aromatic N) is 2. The minimum absolute atomic E-state index is 0.365. The summed E-state index contributed by atoms with van der Waals surface area (Å²) in [6.45, 7) is 8.32. The molecular formula is C21H32F2N4O. The van der Waals surface area contributed by atoms with E-state index in [9.17, 15) is 8.78 Å². The molecular weight excluding hydrogens is 362 g/mol. The maximum absolute atomic E-state index is 13.7. The van der Waals surface area contributed by atoms with Gasteiger partial charge in [-0.25, -0.2) is 8.78 Å². The van der Waals surface area contributed by atoms with E-state index in [0.29, 0.717) is 30.5 Å². The summed E-state index contributed by atoms with van der Waals surface area (Å²) in [4.78, 5) is 7.09. The predicted octanol–water partition coefficient (Wildman–Crippen LogP) is 2.56. The van der Waals surface area contributed by atoms with Crippen LogP contribution in [0.1, 0.15) is 31.7 Å². The minimum Gasteiger partial charge on any atom is -0.381 e. The third-order valence-corrected chi connectivity index (χ3v) is 5.47. The van der Waals surface area contributed by atoms with Crippen molar-refractivity contribution < 1.29 is 13.5 Å². The Morgan fingerprint density at radius 1 is 1.25 bits per heavy atom. The first kappa shape index (κ1) is 21.0. The van der Waals surface area contributed by atoms with Crippen LogP contribution in [0.25, 0.3) is 0 Å². The van der Waals surface area contributed by atoms with Gasteiger partial charge in [-0.15, -0.1) is 0 Å². The van der Waals surface area contributed by atoms with Crippen LogP contribution in [0, 0.1) is 17.6 Å². The third kappa shape index (κ3) is 6.41. The van der Waals surface area contributed by atoms with Gasteiger partial charge < -0.3 is 20.3 Å². The number of aliphatic imine (C=N–C) groups is 1. The number of nitrogens with one attached hydrogen (secondary N) is 2. The van der Waals surface area contributed by atoms with E-state index in [4.69, 9.17) is 4.74 Å². The van der Waals surface area contributed by atoms with Gasteiger partial charge in [-0.05, 0) is 62.3 Å². The largest absolute Gasteiger partial charge is 0.381 e. The average molecular weight is 395 g/mol. The second-order valence-electron chi connectivity index (χ2n) is 7.70. The molecule has 156 valence electrons. The average Bonchev–Trinajstić information content (AvgIpc) is 3.19. The van der Waals surface area contributed by atoms with Gasteiger partial charge in [0.25, 0.3) is 0 Å². The van der Waals surface area contributed by atoms with Gasteiger partial charge in [-0.3, -0.25) is 4.99 Å². The Labute approximate surface area is 166 Å². The second kappa shape index (κ2) is 10.7. The van der Waals surface area contributed by atoms with Crippen LogP contribution < -0.4 is 10.6 Å². The number of piperidine rings is 1. The van der Waals surface area contributed by atoms with Gasteiger partial charge >= 0.3 is 0 Å². The predicted molar refractivity (Wildman–Crippen MR) is 108 cm³/mol. The van der Waals surface area contributed by atoms with Crippen LogP contribution in [-0.4, -0.2) is 62.8 Å². The fraction of sp³-hybridized carbons (Fsp3) is 0.667. The van der Waals surface area contributed by atoms with Crippen molar-refractivity contribution in [2.24, 2.45) is 10.9 Å². The summed E-state index contributed by atoms with van der Waals surface area (Å²) in [5.74, 6) is 0.643. The highest BCUT2D eigenvalue weighted by Gasteiger charge is 2.24. The summed E-state index contributed by atoms with van der Waals surface area (Å²) in [6, 6.07) is 3.94. The third-order valence-electron chi connectivity index (χ3n) is 5.47. The van der Waals surface area contributed by atoms with E-state index in [1.54, 1.807) is 0 Å². The summed E-state index contributed by atoms with van der Waals surface area (Å²) in [7, 11) is 0. The number of benzene rings is 1. The number of ether oxygens (including phenoxy) is 1. The molecule has 0 radical (unpaired) electrons. The van der Waals surface area contributed by atoms with Crippen LogP contribution in [0.4, 0.5) is 8.78 Å². The minimum atomic E-state index is -0.415. The maximum atomic E-state index is 13.7. The Balaban J connectivity index is 1.44. The van der Waals surface area contributed by atoms with Crippen molar-refractivity contribution in [3.8, 4) is 0 Å². The summed E-state index contributed by atoms with van der Waals surface area (Å²) in [5.41, 5.74) is 0.365. The van der Waals surface area contributed by atoms with Crippen molar-refractivity contribution in [3.05, 3.63) is 35.4 Å². The van der Waals surface area contributed by atoms with Crippen LogP contribution in [0.2, 0.25) is 0 Å². The molecule has 28 heavy (non-hydrogen) atoms. The summed E-state index contributed by atoms with van der Waals surface area (Å²) < 4.78 is 32.5. The standard InChI is InChI=1S/C21H32F2N4O/c1-2-24-21(25-9-5-17-13-18(22)3-4-20(17)23)26-19-6-10-27(11-7-19)14-16-8-12-28-15-16/h3-4,13,16,19H,2,5-12,14-15H2,1H3,(H2,24,25,26). The molecule has 3 rings (SSSR count). The Hall–Kier alpha value is -1.73. The summed E-state index contributed by atoms with van der Waals surface area (Å²) >= 11 is 0. The summed E-state index contributed by atoms with van der Waals surface area (Å²) in [6.07, 6.45) is 3.72. The zero-order valence-corrected chi connectivity index (χ0v) is 16.7. The van der Waals surface area contributed by atoms with Crippen molar-refractivity contribution in [2.45, 2.75) is 38.6 Å². The van der Waals surface area contributed by atoms with Gasteiger partial charge in [0, 0.05) is 45.4 Å². The van der Waals surface area contributed by atoms with Crippen molar-refractivity contribution in [2.75, 3.05) is 45.9 Å². The molecule has 5 nitrogen and oxygen atoms in total. The van der Waals surface area contributed by atoms with Crippen molar-refractivity contribution in [1.82, 2.24) is 15.5 Å². The van der Waals surface area contributed by atoms with Gasteiger partial charge in [0.1, 0.15) is 11.6 Å². The summed E-state index contributed by atoms with van der Waals surface area (Å²) in [5, 5.41) is 6.76. The molecule has 2 aliphatic heterocycles. The second-order valence-corrected chi connectivity index (χ2v) is 7.70. The van der Waals surface area contributed by atoms with E-state index >= 15 is 0 Å². The molecule has 0 saturated carbocycles. The zero-order valence-electron chi connectivity index (χ0n) is 16.7. The topological polar surface area (TPSA) is 48.9 Å². The van der Waals surface area contributed by atoms with Crippen LogP contribution in [0.15, 0.2) is 23.2 Å². The lowest BCUT2D eigenvalue weighted by Crippen LogP contribution is -2.49. The van der Waals surface area contributed by atoms with Crippen molar-refractivity contribution >= 4 is 5.96 Å². The lowest BCUT2D eigenvalue weighted by atomic mass is 10.0. The fourth-order valence-electron chi connectivity index (χ4n) is 3.89. The smallest absolute Gasteiger partial charge is 0.191 e. The molecule has 2 saturated heterocycles. The maximum Gasteiger partial charge on any atom is 0.191 e. The number of likely N-dealkylation sites (tertiary alicyclic amines) is 1. The van der Waals surface area contributed by atoms with E-state index in [0.717, 1.165) is 64.3 Å². The number of rotatable bonds is 7. The number of guanidine groups is 1. The molecule has 0 bridgehead atoms. The highest BCUT2D eigenvalue weighted by molar-refractivity contribution is 5.80. The van der Waals surface area contributed by atoms with Gasteiger partial charge in [0.05, 0.1) is 6.61 Å².